The summed E-state index contributed by atoms with van der Waals surface area (Å²) >= 11 is 12.1. The van der Waals surface area contributed by atoms with Crippen LogP contribution in [0, 0.1) is 0 Å². The van der Waals surface area contributed by atoms with E-state index in [1.807, 2.05) is 27.6 Å². The standard InChI is InChI=1S/C15H17Cl2N7.ClH/c16-14-2-1-13(7-15(14)17)8-22(3-5-23-11-18-9-20-23)4-6-24-12-19-10-21-24;/h1-2,7,9-12H,3-6,8H2;1H. The van der Waals surface area contributed by atoms with E-state index in [4.69, 9.17) is 23.2 Å². The van der Waals surface area contributed by atoms with Gasteiger partial charge in [-0.2, -0.15) is 10.2 Å². The molecule has 7 nitrogen and oxygen atoms in total. The molecule has 0 spiro atoms. The van der Waals surface area contributed by atoms with Gasteiger partial charge in [-0.25, -0.2) is 9.97 Å². The van der Waals surface area contributed by atoms with E-state index in [2.05, 4.69) is 25.1 Å². The molecule has 2 aromatic heterocycles. The van der Waals surface area contributed by atoms with Crippen LogP contribution >= 0.6 is 35.6 Å². The van der Waals surface area contributed by atoms with Crippen molar-refractivity contribution in [2.45, 2.75) is 19.6 Å². The number of halogens is 3. The number of aromatic nitrogens is 6. The Bertz CT molecular complexity index is 708. The van der Waals surface area contributed by atoms with Gasteiger partial charge in [0.25, 0.3) is 0 Å². The smallest absolute Gasteiger partial charge is 0.137 e. The van der Waals surface area contributed by atoms with Crippen molar-refractivity contribution in [3.63, 3.8) is 0 Å². The second kappa shape index (κ2) is 9.72. The summed E-state index contributed by atoms with van der Waals surface area (Å²) in [5.41, 5.74) is 1.11. The summed E-state index contributed by atoms with van der Waals surface area (Å²) in [5.74, 6) is 0. The summed E-state index contributed by atoms with van der Waals surface area (Å²) in [6.07, 6.45) is 6.51. The minimum absolute atomic E-state index is 0. The van der Waals surface area contributed by atoms with E-state index in [1.165, 1.54) is 0 Å². The van der Waals surface area contributed by atoms with Gasteiger partial charge in [0, 0.05) is 19.6 Å². The minimum atomic E-state index is 0. The minimum Gasteiger partial charge on any atom is -0.295 e. The Hall–Kier alpha value is -1.67. The van der Waals surface area contributed by atoms with Gasteiger partial charge in [-0.1, -0.05) is 29.3 Å². The highest BCUT2D eigenvalue weighted by Gasteiger charge is 2.09. The first-order valence-corrected chi connectivity index (χ1v) is 8.27. The van der Waals surface area contributed by atoms with Crippen LogP contribution in [-0.4, -0.2) is 47.5 Å². The van der Waals surface area contributed by atoms with E-state index in [9.17, 15) is 0 Å². The van der Waals surface area contributed by atoms with E-state index in [1.54, 1.807) is 25.3 Å². The molecule has 3 rings (SSSR count). The molecule has 25 heavy (non-hydrogen) atoms. The third-order valence-corrected chi connectivity index (χ3v) is 4.35. The Kier molecular flexibility index (Phi) is 7.64. The Morgan fingerprint density at radius 2 is 1.48 bits per heavy atom. The predicted octanol–water partition coefficient (Wildman–Crippen LogP) is 2.80. The molecule has 3 aromatic rings. The van der Waals surface area contributed by atoms with Crippen LogP contribution in [0.25, 0.3) is 0 Å². The molecule has 0 amide bonds. The van der Waals surface area contributed by atoms with Crippen LogP contribution in [0.5, 0.6) is 0 Å². The third kappa shape index (κ3) is 5.97. The Morgan fingerprint density at radius 3 is 1.96 bits per heavy atom. The van der Waals surface area contributed by atoms with E-state index in [0.717, 1.165) is 38.3 Å². The molecule has 0 fully saturated rings. The largest absolute Gasteiger partial charge is 0.295 e. The normalized spacial score (nSPS) is 10.8. The SMILES string of the molecule is Cl.Clc1ccc(CN(CCn2cncn2)CCn2cncn2)cc1Cl. The molecule has 0 N–H and O–H groups in total. The van der Waals surface area contributed by atoms with Crippen molar-refractivity contribution in [2.75, 3.05) is 13.1 Å². The zero-order valence-electron chi connectivity index (χ0n) is 13.4. The number of rotatable bonds is 8. The van der Waals surface area contributed by atoms with Crippen molar-refractivity contribution in [1.82, 2.24) is 34.4 Å². The molecule has 0 aliphatic carbocycles. The molecule has 1 aromatic carbocycles. The van der Waals surface area contributed by atoms with Crippen molar-refractivity contribution in [3.05, 3.63) is 59.1 Å². The van der Waals surface area contributed by atoms with Gasteiger partial charge in [-0.15, -0.1) is 12.4 Å². The van der Waals surface area contributed by atoms with Gasteiger partial charge in [0.05, 0.1) is 23.1 Å². The summed E-state index contributed by atoms with van der Waals surface area (Å²) in [4.78, 5) is 10.3. The zero-order valence-corrected chi connectivity index (χ0v) is 15.7. The van der Waals surface area contributed by atoms with Crippen LogP contribution in [0.3, 0.4) is 0 Å². The predicted molar refractivity (Wildman–Crippen MR) is 99.0 cm³/mol. The lowest BCUT2D eigenvalue weighted by molar-refractivity contribution is 0.237. The van der Waals surface area contributed by atoms with Crippen LogP contribution in [0.1, 0.15) is 5.56 Å². The summed E-state index contributed by atoms with van der Waals surface area (Å²) in [6, 6.07) is 5.72. The molecule has 0 bridgehead atoms. The van der Waals surface area contributed by atoms with Crippen molar-refractivity contribution < 1.29 is 0 Å². The fourth-order valence-corrected chi connectivity index (χ4v) is 2.67. The van der Waals surface area contributed by atoms with Crippen LogP contribution in [0.15, 0.2) is 43.5 Å². The number of benzene rings is 1. The molecule has 134 valence electrons. The summed E-state index contributed by atoms with van der Waals surface area (Å²) < 4.78 is 3.63. The van der Waals surface area contributed by atoms with E-state index in [-0.39, 0.29) is 12.4 Å². The van der Waals surface area contributed by atoms with Gasteiger partial charge in [0.1, 0.15) is 25.3 Å². The van der Waals surface area contributed by atoms with Gasteiger partial charge in [0.15, 0.2) is 0 Å². The van der Waals surface area contributed by atoms with Crippen molar-refractivity contribution in [3.8, 4) is 0 Å². The highest BCUT2D eigenvalue weighted by atomic mass is 35.5. The van der Waals surface area contributed by atoms with Crippen LogP contribution in [0.2, 0.25) is 10.0 Å². The molecule has 0 saturated carbocycles. The van der Waals surface area contributed by atoms with Gasteiger partial charge in [-0.3, -0.25) is 14.3 Å². The molecule has 0 saturated heterocycles. The number of hydrogen-bond acceptors (Lipinski definition) is 5. The maximum atomic E-state index is 6.12. The van der Waals surface area contributed by atoms with Crippen molar-refractivity contribution in [2.24, 2.45) is 0 Å². The van der Waals surface area contributed by atoms with Crippen LogP contribution < -0.4 is 0 Å². The molecular weight excluding hydrogens is 385 g/mol. The maximum absolute atomic E-state index is 6.12. The molecule has 0 aliphatic rings. The van der Waals surface area contributed by atoms with Gasteiger partial charge >= 0.3 is 0 Å². The average molecular weight is 403 g/mol. The highest BCUT2D eigenvalue weighted by Crippen LogP contribution is 2.23. The zero-order chi connectivity index (χ0) is 16.8. The van der Waals surface area contributed by atoms with Crippen LogP contribution in [-0.2, 0) is 19.6 Å². The monoisotopic (exact) mass is 401 g/mol. The maximum Gasteiger partial charge on any atom is 0.137 e. The third-order valence-electron chi connectivity index (χ3n) is 3.61. The van der Waals surface area contributed by atoms with Gasteiger partial charge < -0.3 is 0 Å². The fraction of sp³-hybridized carbons (Fsp3) is 0.333. The Balaban J connectivity index is 0.00000225. The molecule has 0 aliphatic heterocycles. The molecule has 2 heterocycles. The molecule has 0 atom stereocenters. The van der Waals surface area contributed by atoms with Gasteiger partial charge in [0.2, 0.25) is 0 Å². The topological polar surface area (TPSA) is 64.7 Å². The van der Waals surface area contributed by atoms with E-state index >= 15 is 0 Å². The first-order valence-electron chi connectivity index (χ1n) is 7.52. The number of nitrogens with zero attached hydrogens (tertiary/aromatic N) is 7. The van der Waals surface area contributed by atoms with Gasteiger partial charge in [-0.05, 0) is 17.7 Å². The second-order valence-electron chi connectivity index (χ2n) is 5.34. The van der Waals surface area contributed by atoms with Crippen molar-refractivity contribution >= 4 is 35.6 Å². The lowest BCUT2D eigenvalue weighted by Gasteiger charge is -2.22. The first-order chi connectivity index (χ1) is 11.7. The molecule has 0 unspecified atom stereocenters. The van der Waals surface area contributed by atoms with Crippen LogP contribution in [0.4, 0.5) is 0 Å². The molecule has 10 heteroatoms. The molecule has 0 radical (unpaired) electrons. The summed E-state index contributed by atoms with van der Waals surface area (Å²) in [6.45, 7) is 3.95. The van der Waals surface area contributed by atoms with E-state index in [0.29, 0.717) is 10.0 Å². The second-order valence-corrected chi connectivity index (χ2v) is 6.16. The van der Waals surface area contributed by atoms with Crippen molar-refractivity contribution in [1.29, 1.82) is 0 Å². The fourth-order valence-electron chi connectivity index (χ4n) is 2.35. The quantitative estimate of drug-likeness (QED) is 0.580. The lowest BCUT2D eigenvalue weighted by Crippen LogP contribution is -2.30. The summed E-state index contributed by atoms with van der Waals surface area (Å²) in [7, 11) is 0. The highest BCUT2D eigenvalue weighted by molar-refractivity contribution is 6.42. The first kappa shape index (κ1) is 19.7. The Morgan fingerprint density at radius 1 is 0.880 bits per heavy atom. The number of hydrogen-bond donors (Lipinski definition) is 0. The molecular formula is C15H18Cl3N7. The average Bonchev–Trinajstić information content (AvgIpc) is 3.27. The lowest BCUT2D eigenvalue weighted by atomic mass is 10.2. The van der Waals surface area contributed by atoms with E-state index < -0.39 is 0 Å². The Labute approximate surface area is 162 Å². The summed E-state index contributed by atoms with van der Waals surface area (Å²) in [5, 5.41) is 9.43.